The first-order valence-electron chi connectivity index (χ1n) is 8.98. The fourth-order valence-electron chi connectivity index (χ4n) is 3.67. The van der Waals surface area contributed by atoms with Gasteiger partial charge in [-0.15, -0.1) is 0 Å². The molecular weight excluding hydrogens is 346 g/mol. The Labute approximate surface area is 155 Å². The van der Waals surface area contributed by atoms with Crippen LogP contribution < -0.4 is 10.6 Å². The van der Waals surface area contributed by atoms with E-state index in [0.29, 0.717) is 12.1 Å². The molecule has 0 aliphatic carbocycles. The van der Waals surface area contributed by atoms with Gasteiger partial charge in [0.1, 0.15) is 12.1 Å². The number of carbonyl (C=O) groups excluding carboxylic acids is 4. The molecule has 2 fully saturated rings. The molecule has 7 heteroatoms. The molecule has 4 rings (SSSR count). The maximum atomic E-state index is 12.7. The lowest BCUT2D eigenvalue weighted by atomic mass is 10.1. The second-order valence-electron chi connectivity index (χ2n) is 6.87. The van der Waals surface area contributed by atoms with Crippen molar-refractivity contribution in [1.29, 1.82) is 0 Å². The second-order valence-corrected chi connectivity index (χ2v) is 6.87. The van der Waals surface area contributed by atoms with E-state index in [4.69, 9.17) is 0 Å². The number of fused-ring (bicyclic) bond motifs is 1. The van der Waals surface area contributed by atoms with Crippen molar-refractivity contribution in [2.75, 3.05) is 5.32 Å². The smallest absolute Gasteiger partial charge is 0.252 e. The molecule has 2 saturated heterocycles. The van der Waals surface area contributed by atoms with Gasteiger partial charge in [-0.25, -0.2) is 0 Å². The van der Waals surface area contributed by atoms with Gasteiger partial charge in [0, 0.05) is 18.5 Å². The van der Waals surface area contributed by atoms with Crippen LogP contribution in [0.15, 0.2) is 42.5 Å². The summed E-state index contributed by atoms with van der Waals surface area (Å²) in [5, 5.41) is 7.42. The third kappa shape index (κ3) is 3.28. The molecule has 2 heterocycles. The summed E-state index contributed by atoms with van der Waals surface area (Å²) in [6, 6.07) is 11.8. The quantitative estimate of drug-likeness (QED) is 0.807. The lowest BCUT2D eigenvalue weighted by Crippen LogP contribution is -2.51. The first-order chi connectivity index (χ1) is 13.0. The lowest BCUT2D eigenvalue weighted by Gasteiger charge is -2.25. The summed E-state index contributed by atoms with van der Waals surface area (Å²) in [5.41, 5.74) is 0.611. The SMILES string of the molecule is O=C1CC[C@H](C(=O)N2C(=O)CC[C@@H]2C(=O)Nc2ccc3ccccc3c2)N1. The number of anilines is 1. The van der Waals surface area contributed by atoms with Crippen molar-refractivity contribution < 1.29 is 19.2 Å². The Bertz CT molecular complexity index is 955. The largest absolute Gasteiger partial charge is 0.344 e. The Balaban J connectivity index is 1.51. The number of likely N-dealkylation sites (tertiary alicyclic amines) is 1. The van der Waals surface area contributed by atoms with Gasteiger partial charge in [0.15, 0.2) is 0 Å². The zero-order valence-electron chi connectivity index (χ0n) is 14.6. The van der Waals surface area contributed by atoms with Crippen molar-refractivity contribution in [3.63, 3.8) is 0 Å². The molecule has 2 aromatic rings. The molecule has 0 aromatic heterocycles. The molecule has 0 saturated carbocycles. The van der Waals surface area contributed by atoms with E-state index in [2.05, 4.69) is 10.6 Å². The van der Waals surface area contributed by atoms with Gasteiger partial charge in [0.25, 0.3) is 5.91 Å². The highest BCUT2D eigenvalue weighted by Gasteiger charge is 2.43. The highest BCUT2D eigenvalue weighted by atomic mass is 16.2. The monoisotopic (exact) mass is 365 g/mol. The summed E-state index contributed by atoms with van der Waals surface area (Å²) < 4.78 is 0. The van der Waals surface area contributed by atoms with E-state index in [0.717, 1.165) is 15.7 Å². The van der Waals surface area contributed by atoms with Gasteiger partial charge in [-0.05, 0) is 35.7 Å². The molecule has 0 spiro atoms. The number of carbonyl (C=O) groups is 4. The predicted octanol–water partition coefficient (Wildman–Crippen LogP) is 1.57. The fraction of sp³-hybridized carbons (Fsp3) is 0.300. The van der Waals surface area contributed by atoms with Crippen LogP contribution in [0.1, 0.15) is 25.7 Å². The minimum atomic E-state index is -0.853. The van der Waals surface area contributed by atoms with Crippen LogP contribution in [0.25, 0.3) is 10.8 Å². The summed E-state index contributed by atoms with van der Waals surface area (Å²) in [6.07, 6.45) is 1.03. The van der Waals surface area contributed by atoms with Crippen molar-refractivity contribution in [3.8, 4) is 0 Å². The molecule has 2 N–H and O–H groups in total. The third-order valence-corrected chi connectivity index (χ3v) is 5.06. The first-order valence-corrected chi connectivity index (χ1v) is 8.98. The summed E-state index contributed by atoms with van der Waals surface area (Å²) in [4.78, 5) is 50.0. The van der Waals surface area contributed by atoms with Crippen LogP contribution in [0.4, 0.5) is 5.69 Å². The van der Waals surface area contributed by atoms with Crippen LogP contribution in [0, 0.1) is 0 Å². The van der Waals surface area contributed by atoms with E-state index < -0.39 is 23.9 Å². The summed E-state index contributed by atoms with van der Waals surface area (Å²) in [5.74, 6) is -1.48. The van der Waals surface area contributed by atoms with E-state index >= 15 is 0 Å². The number of rotatable bonds is 3. The van der Waals surface area contributed by atoms with Gasteiger partial charge in [-0.1, -0.05) is 30.3 Å². The van der Waals surface area contributed by atoms with Crippen molar-refractivity contribution in [1.82, 2.24) is 10.2 Å². The highest BCUT2D eigenvalue weighted by Crippen LogP contribution is 2.24. The van der Waals surface area contributed by atoms with E-state index in [1.165, 1.54) is 0 Å². The van der Waals surface area contributed by atoms with Gasteiger partial charge in [0.2, 0.25) is 17.7 Å². The fourth-order valence-corrected chi connectivity index (χ4v) is 3.67. The standard InChI is InChI=1S/C20H19N3O4/c24-17-9-7-15(22-17)20(27)23-16(8-10-18(23)25)19(26)21-14-6-5-12-3-1-2-4-13(12)11-14/h1-6,11,15-16H,7-10H2,(H,21,26)(H,22,24)/t15-,16-/m1/s1. The maximum Gasteiger partial charge on any atom is 0.252 e. The number of hydrogen-bond acceptors (Lipinski definition) is 4. The Hall–Kier alpha value is -3.22. The van der Waals surface area contributed by atoms with Crippen molar-refractivity contribution in [2.24, 2.45) is 0 Å². The molecule has 2 aromatic carbocycles. The topological polar surface area (TPSA) is 95.6 Å². The van der Waals surface area contributed by atoms with Crippen LogP contribution in [0.2, 0.25) is 0 Å². The predicted molar refractivity (Wildman–Crippen MR) is 98.6 cm³/mol. The maximum absolute atomic E-state index is 12.7. The summed E-state index contributed by atoms with van der Waals surface area (Å²) >= 11 is 0. The third-order valence-electron chi connectivity index (χ3n) is 5.06. The number of hydrogen-bond donors (Lipinski definition) is 2. The van der Waals surface area contributed by atoms with Gasteiger partial charge in [0.05, 0.1) is 0 Å². The molecule has 2 aliphatic heterocycles. The molecule has 2 aliphatic rings. The molecule has 0 bridgehead atoms. The zero-order valence-corrected chi connectivity index (χ0v) is 14.6. The highest BCUT2D eigenvalue weighted by molar-refractivity contribution is 6.08. The van der Waals surface area contributed by atoms with Gasteiger partial charge < -0.3 is 10.6 Å². The Kier molecular flexibility index (Phi) is 4.35. The lowest BCUT2D eigenvalue weighted by molar-refractivity contribution is -0.148. The Morgan fingerprint density at radius 2 is 1.78 bits per heavy atom. The van der Waals surface area contributed by atoms with E-state index in [9.17, 15) is 19.2 Å². The molecular formula is C20H19N3O4. The molecule has 0 radical (unpaired) electrons. The van der Waals surface area contributed by atoms with Crippen molar-refractivity contribution in [2.45, 2.75) is 37.8 Å². The van der Waals surface area contributed by atoms with Gasteiger partial charge >= 0.3 is 0 Å². The minimum Gasteiger partial charge on any atom is -0.344 e. The Morgan fingerprint density at radius 3 is 2.52 bits per heavy atom. The van der Waals surface area contributed by atoms with Crippen LogP contribution in [-0.2, 0) is 19.2 Å². The minimum absolute atomic E-state index is 0.141. The molecule has 138 valence electrons. The Morgan fingerprint density at radius 1 is 1.00 bits per heavy atom. The van der Waals surface area contributed by atoms with Crippen molar-refractivity contribution >= 4 is 40.1 Å². The van der Waals surface area contributed by atoms with Crippen molar-refractivity contribution in [3.05, 3.63) is 42.5 Å². The van der Waals surface area contributed by atoms with Gasteiger partial charge in [-0.2, -0.15) is 0 Å². The average Bonchev–Trinajstić information content (AvgIpc) is 3.27. The molecule has 2 atom stereocenters. The normalized spacial score (nSPS) is 22.1. The zero-order chi connectivity index (χ0) is 19.0. The molecule has 4 amide bonds. The first kappa shape index (κ1) is 17.2. The molecule has 27 heavy (non-hydrogen) atoms. The number of amides is 4. The van der Waals surface area contributed by atoms with E-state index in [1.807, 2.05) is 36.4 Å². The number of imide groups is 1. The van der Waals surface area contributed by atoms with Crippen LogP contribution >= 0.6 is 0 Å². The van der Waals surface area contributed by atoms with Crippen LogP contribution in [0.3, 0.4) is 0 Å². The average molecular weight is 365 g/mol. The molecule has 0 unspecified atom stereocenters. The summed E-state index contributed by atoms with van der Waals surface area (Å²) in [7, 11) is 0. The number of nitrogens with one attached hydrogen (secondary N) is 2. The van der Waals surface area contributed by atoms with E-state index in [1.54, 1.807) is 6.07 Å². The van der Waals surface area contributed by atoms with Crippen LogP contribution in [0.5, 0.6) is 0 Å². The summed E-state index contributed by atoms with van der Waals surface area (Å²) in [6.45, 7) is 0. The number of nitrogens with zero attached hydrogens (tertiary/aromatic N) is 1. The van der Waals surface area contributed by atoms with Crippen LogP contribution in [-0.4, -0.2) is 40.6 Å². The van der Waals surface area contributed by atoms with Gasteiger partial charge in [-0.3, -0.25) is 24.1 Å². The molecule has 7 nitrogen and oxygen atoms in total. The second kappa shape index (κ2) is 6.83. The number of benzene rings is 2. The van der Waals surface area contributed by atoms with E-state index in [-0.39, 0.29) is 31.1 Å².